The molecule has 0 aliphatic carbocycles. The normalized spacial score (nSPS) is 10.4. The van der Waals surface area contributed by atoms with E-state index in [1.807, 2.05) is 25.1 Å². The van der Waals surface area contributed by atoms with Crippen molar-refractivity contribution in [3.63, 3.8) is 0 Å². The standard InChI is InChI=1S/C15H18N2/c1-10-8-11(2)15(12(3)9-10)17-14-7-5-6-13(4)16-14/h5-9H,1-4H3,(H,16,17). The largest absolute Gasteiger partial charge is 0.340 e. The van der Waals surface area contributed by atoms with Gasteiger partial charge in [-0.25, -0.2) is 4.98 Å². The van der Waals surface area contributed by atoms with Crippen LogP contribution in [-0.2, 0) is 0 Å². The number of aryl methyl sites for hydroxylation is 4. The van der Waals surface area contributed by atoms with E-state index in [2.05, 4.69) is 43.2 Å². The molecule has 0 aliphatic heterocycles. The van der Waals surface area contributed by atoms with E-state index in [1.165, 1.54) is 16.7 Å². The van der Waals surface area contributed by atoms with Crippen LogP contribution in [0.3, 0.4) is 0 Å². The summed E-state index contributed by atoms with van der Waals surface area (Å²) in [5.41, 5.74) is 5.99. The van der Waals surface area contributed by atoms with Gasteiger partial charge in [-0.15, -0.1) is 0 Å². The summed E-state index contributed by atoms with van der Waals surface area (Å²) in [6, 6.07) is 10.4. The summed E-state index contributed by atoms with van der Waals surface area (Å²) in [6.45, 7) is 8.37. The van der Waals surface area contributed by atoms with Crippen LogP contribution in [0, 0.1) is 27.7 Å². The van der Waals surface area contributed by atoms with E-state index in [1.54, 1.807) is 0 Å². The molecule has 0 bridgehead atoms. The average Bonchev–Trinajstić information content (AvgIpc) is 2.23. The first-order chi connectivity index (χ1) is 8.06. The molecule has 0 unspecified atom stereocenters. The Bertz CT molecular complexity index is 521. The Labute approximate surface area is 103 Å². The summed E-state index contributed by atoms with van der Waals surface area (Å²) < 4.78 is 0. The van der Waals surface area contributed by atoms with Crippen LogP contribution in [0.5, 0.6) is 0 Å². The minimum atomic E-state index is 0.903. The molecule has 2 nitrogen and oxygen atoms in total. The predicted molar refractivity (Wildman–Crippen MR) is 72.9 cm³/mol. The Kier molecular flexibility index (Phi) is 3.14. The van der Waals surface area contributed by atoms with Crippen LogP contribution in [-0.4, -0.2) is 4.98 Å². The molecule has 0 fully saturated rings. The van der Waals surface area contributed by atoms with Gasteiger partial charge < -0.3 is 5.32 Å². The van der Waals surface area contributed by atoms with Gasteiger partial charge in [0.25, 0.3) is 0 Å². The summed E-state index contributed by atoms with van der Waals surface area (Å²) in [4.78, 5) is 4.46. The smallest absolute Gasteiger partial charge is 0.130 e. The number of nitrogens with zero attached hydrogens (tertiary/aromatic N) is 1. The first-order valence-corrected chi connectivity index (χ1v) is 5.85. The Morgan fingerprint density at radius 1 is 0.941 bits per heavy atom. The Morgan fingerprint density at radius 2 is 1.59 bits per heavy atom. The van der Waals surface area contributed by atoms with Gasteiger partial charge in [0.05, 0.1) is 0 Å². The van der Waals surface area contributed by atoms with Gasteiger partial charge in [-0.05, 0) is 51.0 Å². The van der Waals surface area contributed by atoms with Crippen LogP contribution in [0.2, 0.25) is 0 Å². The molecule has 0 saturated carbocycles. The molecule has 88 valence electrons. The van der Waals surface area contributed by atoms with Gasteiger partial charge >= 0.3 is 0 Å². The van der Waals surface area contributed by atoms with Crippen LogP contribution in [0.25, 0.3) is 0 Å². The van der Waals surface area contributed by atoms with Gasteiger partial charge in [0.15, 0.2) is 0 Å². The summed E-state index contributed by atoms with van der Waals surface area (Å²) in [5, 5.41) is 3.40. The number of benzene rings is 1. The monoisotopic (exact) mass is 226 g/mol. The van der Waals surface area contributed by atoms with Crippen LogP contribution in [0.1, 0.15) is 22.4 Å². The average molecular weight is 226 g/mol. The molecule has 0 amide bonds. The number of hydrogen-bond donors (Lipinski definition) is 1. The zero-order valence-corrected chi connectivity index (χ0v) is 10.8. The fourth-order valence-electron chi connectivity index (χ4n) is 2.12. The first-order valence-electron chi connectivity index (χ1n) is 5.85. The number of rotatable bonds is 2. The molecule has 1 aromatic carbocycles. The van der Waals surface area contributed by atoms with Crippen molar-refractivity contribution in [1.29, 1.82) is 0 Å². The maximum absolute atomic E-state index is 4.46. The quantitative estimate of drug-likeness (QED) is 0.835. The summed E-state index contributed by atoms with van der Waals surface area (Å²) in [5.74, 6) is 0.903. The van der Waals surface area contributed by atoms with E-state index in [-0.39, 0.29) is 0 Å². The van der Waals surface area contributed by atoms with Crippen molar-refractivity contribution < 1.29 is 0 Å². The highest BCUT2D eigenvalue weighted by atomic mass is 15.0. The molecule has 0 saturated heterocycles. The molecule has 2 rings (SSSR count). The van der Waals surface area contributed by atoms with Gasteiger partial charge in [-0.1, -0.05) is 23.8 Å². The van der Waals surface area contributed by atoms with Crippen LogP contribution < -0.4 is 5.32 Å². The highest BCUT2D eigenvalue weighted by molar-refractivity contribution is 5.65. The van der Waals surface area contributed by atoms with Crippen molar-refractivity contribution >= 4 is 11.5 Å². The zero-order chi connectivity index (χ0) is 12.4. The summed E-state index contributed by atoms with van der Waals surface area (Å²) in [7, 11) is 0. The second-order valence-electron chi connectivity index (χ2n) is 4.56. The van der Waals surface area contributed by atoms with Crippen molar-refractivity contribution in [2.24, 2.45) is 0 Å². The minimum absolute atomic E-state index is 0.903. The SMILES string of the molecule is Cc1cc(C)c(Nc2cccc(C)n2)c(C)c1. The molecule has 0 radical (unpaired) electrons. The van der Waals surface area contributed by atoms with Crippen LogP contribution in [0.15, 0.2) is 30.3 Å². The van der Waals surface area contributed by atoms with Gasteiger partial charge in [0.2, 0.25) is 0 Å². The van der Waals surface area contributed by atoms with Crippen molar-refractivity contribution in [1.82, 2.24) is 4.98 Å². The third kappa shape index (κ3) is 2.64. The molecular formula is C15H18N2. The van der Waals surface area contributed by atoms with Crippen molar-refractivity contribution in [3.05, 3.63) is 52.7 Å². The van der Waals surface area contributed by atoms with Crippen LogP contribution in [0.4, 0.5) is 11.5 Å². The van der Waals surface area contributed by atoms with Crippen molar-refractivity contribution in [3.8, 4) is 0 Å². The maximum Gasteiger partial charge on any atom is 0.130 e. The second-order valence-corrected chi connectivity index (χ2v) is 4.56. The van der Waals surface area contributed by atoms with Gasteiger partial charge in [-0.3, -0.25) is 0 Å². The topological polar surface area (TPSA) is 24.9 Å². The molecule has 1 aromatic heterocycles. The van der Waals surface area contributed by atoms with Crippen LogP contribution >= 0.6 is 0 Å². The lowest BCUT2D eigenvalue weighted by molar-refractivity contribution is 1.19. The molecule has 2 heteroatoms. The third-order valence-corrected chi connectivity index (χ3v) is 2.82. The van der Waals surface area contributed by atoms with E-state index in [4.69, 9.17) is 0 Å². The zero-order valence-electron chi connectivity index (χ0n) is 10.8. The van der Waals surface area contributed by atoms with E-state index in [9.17, 15) is 0 Å². The van der Waals surface area contributed by atoms with E-state index < -0.39 is 0 Å². The number of anilines is 2. The van der Waals surface area contributed by atoms with E-state index in [0.29, 0.717) is 0 Å². The first kappa shape index (κ1) is 11.6. The molecule has 0 atom stereocenters. The molecule has 2 aromatic rings. The van der Waals surface area contributed by atoms with E-state index >= 15 is 0 Å². The van der Waals surface area contributed by atoms with Gasteiger partial charge in [0, 0.05) is 11.4 Å². The third-order valence-electron chi connectivity index (χ3n) is 2.82. The highest BCUT2D eigenvalue weighted by Crippen LogP contribution is 2.24. The Balaban J connectivity index is 2.36. The molecule has 0 aliphatic rings. The molecule has 0 spiro atoms. The summed E-state index contributed by atoms with van der Waals surface area (Å²) in [6.07, 6.45) is 0. The van der Waals surface area contributed by atoms with E-state index in [0.717, 1.165) is 17.2 Å². The lowest BCUT2D eigenvalue weighted by Gasteiger charge is -2.13. The van der Waals surface area contributed by atoms with Crippen molar-refractivity contribution in [2.75, 3.05) is 5.32 Å². The maximum atomic E-state index is 4.46. The second kappa shape index (κ2) is 4.58. The minimum Gasteiger partial charge on any atom is -0.340 e. The number of hydrogen-bond acceptors (Lipinski definition) is 2. The Hall–Kier alpha value is -1.83. The summed E-state index contributed by atoms with van der Waals surface area (Å²) >= 11 is 0. The molecule has 17 heavy (non-hydrogen) atoms. The number of pyridine rings is 1. The van der Waals surface area contributed by atoms with Gasteiger partial charge in [-0.2, -0.15) is 0 Å². The molecular weight excluding hydrogens is 208 g/mol. The van der Waals surface area contributed by atoms with Crippen molar-refractivity contribution in [2.45, 2.75) is 27.7 Å². The predicted octanol–water partition coefficient (Wildman–Crippen LogP) is 4.06. The lowest BCUT2D eigenvalue weighted by Crippen LogP contribution is -1.99. The fourth-order valence-corrected chi connectivity index (χ4v) is 2.12. The molecule has 1 heterocycles. The highest BCUT2D eigenvalue weighted by Gasteiger charge is 2.04. The van der Waals surface area contributed by atoms with Gasteiger partial charge in [0.1, 0.15) is 5.82 Å². The lowest BCUT2D eigenvalue weighted by atomic mass is 10.1. The Morgan fingerprint density at radius 3 is 2.18 bits per heavy atom. The number of aromatic nitrogens is 1. The molecule has 1 N–H and O–H groups in total. The fraction of sp³-hybridized carbons (Fsp3) is 0.267. The number of nitrogens with one attached hydrogen (secondary N) is 1.